The molecular weight excluding hydrogens is 293 g/mol. The highest BCUT2D eigenvalue weighted by molar-refractivity contribution is 6.33. The number of amides is 1. The Labute approximate surface area is 127 Å². The van der Waals surface area contributed by atoms with Gasteiger partial charge in [-0.2, -0.15) is 0 Å². The number of hydrogen-bond donors (Lipinski definition) is 1. The molecule has 0 aliphatic carbocycles. The zero-order valence-electron chi connectivity index (χ0n) is 11.9. The van der Waals surface area contributed by atoms with E-state index >= 15 is 0 Å². The maximum atomic E-state index is 13.5. The Morgan fingerprint density at radius 2 is 2.10 bits per heavy atom. The standard InChI is InChI=1S/C15H15ClFN3O/c1-8(2)14-18-7-10(16)13(20-14)15(21)19-12-6-4-5-11(17)9(12)3/h4-8H,1-3H3,(H,19,21). The Bertz CT molecular complexity index is 689. The van der Waals surface area contributed by atoms with Gasteiger partial charge in [0.15, 0.2) is 5.69 Å². The minimum absolute atomic E-state index is 0.0738. The highest BCUT2D eigenvalue weighted by Crippen LogP contribution is 2.21. The Hall–Kier alpha value is -2.01. The van der Waals surface area contributed by atoms with Crippen molar-refractivity contribution in [2.24, 2.45) is 0 Å². The minimum atomic E-state index is -0.488. The van der Waals surface area contributed by atoms with Crippen LogP contribution in [0.2, 0.25) is 5.02 Å². The van der Waals surface area contributed by atoms with E-state index in [9.17, 15) is 9.18 Å². The minimum Gasteiger partial charge on any atom is -0.320 e. The van der Waals surface area contributed by atoms with Crippen molar-refractivity contribution in [3.8, 4) is 0 Å². The van der Waals surface area contributed by atoms with Gasteiger partial charge < -0.3 is 5.32 Å². The second-order valence-corrected chi connectivity index (χ2v) is 5.35. The first-order chi connectivity index (χ1) is 9.90. The molecule has 0 aliphatic rings. The van der Waals surface area contributed by atoms with Gasteiger partial charge in [0.1, 0.15) is 11.6 Å². The molecule has 0 unspecified atom stereocenters. The molecule has 6 heteroatoms. The average Bonchev–Trinajstić information content (AvgIpc) is 2.44. The summed E-state index contributed by atoms with van der Waals surface area (Å²) < 4.78 is 13.5. The molecule has 0 saturated heterocycles. The average molecular weight is 308 g/mol. The van der Waals surface area contributed by atoms with Crippen molar-refractivity contribution in [3.63, 3.8) is 0 Å². The van der Waals surface area contributed by atoms with Crippen LogP contribution in [-0.4, -0.2) is 15.9 Å². The molecule has 0 radical (unpaired) electrons. The summed E-state index contributed by atoms with van der Waals surface area (Å²) in [6.07, 6.45) is 1.40. The van der Waals surface area contributed by atoms with Crippen molar-refractivity contribution in [1.82, 2.24) is 9.97 Å². The number of nitrogens with zero attached hydrogens (tertiary/aromatic N) is 2. The van der Waals surface area contributed by atoms with Gasteiger partial charge in [-0.1, -0.05) is 31.5 Å². The number of anilines is 1. The van der Waals surface area contributed by atoms with E-state index in [1.807, 2.05) is 13.8 Å². The van der Waals surface area contributed by atoms with E-state index in [1.165, 1.54) is 18.3 Å². The van der Waals surface area contributed by atoms with Crippen LogP contribution in [0.1, 0.15) is 41.6 Å². The van der Waals surface area contributed by atoms with Crippen LogP contribution in [0.25, 0.3) is 0 Å². The van der Waals surface area contributed by atoms with E-state index in [4.69, 9.17) is 11.6 Å². The summed E-state index contributed by atoms with van der Waals surface area (Å²) >= 11 is 5.97. The molecule has 1 amide bonds. The summed E-state index contributed by atoms with van der Waals surface area (Å²) in [5.74, 6) is -0.271. The number of rotatable bonds is 3. The molecule has 2 aromatic rings. The van der Waals surface area contributed by atoms with Crippen LogP contribution in [0.5, 0.6) is 0 Å². The molecule has 1 N–H and O–H groups in total. The third kappa shape index (κ3) is 3.36. The van der Waals surface area contributed by atoms with Gasteiger partial charge >= 0.3 is 0 Å². The second-order valence-electron chi connectivity index (χ2n) is 4.95. The van der Waals surface area contributed by atoms with Gasteiger partial charge in [0.05, 0.1) is 11.2 Å². The second kappa shape index (κ2) is 6.18. The SMILES string of the molecule is Cc1c(F)cccc1NC(=O)c1nc(C(C)C)ncc1Cl. The highest BCUT2D eigenvalue weighted by Gasteiger charge is 2.17. The number of benzene rings is 1. The maximum Gasteiger partial charge on any atom is 0.275 e. The quantitative estimate of drug-likeness (QED) is 0.934. The lowest BCUT2D eigenvalue weighted by molar-refractivity contribution is 0.102. The first-order valence-corrected chi connectivity index (χ1v) is 6.87. The van der Waals surface area contributed by atoms with Crippen molar-refractivity contribution in [2.45, 2.75) is 26.7 Å². The largest absolute Gasteiger partial charge is 0.320 e. The van der Waals surface area contributed by atoms with Gasteiger partial charge in [0.2, 0.25) is 0 Å². The van der Waals surface area contributed by atoms with Crippen LogP contribution >= 0.6 is 11.6 Å². The maximum absolute atomic E-state index is 13.5. The monoisotopic (exact) mass is 307 g/mol. The van der Waals surface area contributed by atoms with E-state index in [-0.39, 0.29) is 22.5 Å². The fraction of sp³-hybridized carbons (Fsp3) is 0.267. The fourth-order valence-corrected chi connectivity index (χ4v) is 1.92. The molecule has 1 heterocycles. The Morgan fingerprint density at radius 1 is 1.38 bits per heavy atom. The van der Waals surface area contributed by atoms with Crippen molar-refractivity contribution < 1.29 is 9.18 Å². The third-order valence-electron chi connectivity index (χ3n) is 3.01. The van der Waals surface area contributed by atoms with Gasteiger partial charge in [-0.15, -0.1) is 0 Å². The number of hydrogen-bond acceptors (Lipinski definition) is 3. The van der Waals surface area contributed by atoms with E-state index in [0.29, 0.717) is 17.1 Å². The molecule has 110 valence electrons. The van der Waals surface area contributed by atoms with E-state index in [2.05, 4.69) is 15.3 Å². The van der Waals surface area contributed by atoms with Crippen LogP contribution in [0.4, 0.5) is 10.1 Å². The number of carbonyl (C=O) groups excluding carboxylic acids is 1. The molecule has 0 bridgehead atoms. The summed E-state index contributed by atoms with van der Waals surface area (Å²) in [5.41, 5.74) is 0.833. The predicted molar refractivity (Wildman–Crippen MR) is 80.2 cm³/mol. The summed E-state index contributed by atoms with van der Waals surface area (Å²) in [4.78, 5) is 20.5. The van der Waals surface area contributed by atoms with E-state index in [0.717, 1.165) is 0 Å². The van der Waals surface area contributed by atoms with Gasteiger partial charge in [-0.25, -0.2) is 14.4 Å². The molecule has 1 aromatic heterocycles. The van der Waals surface area contributed by atoms with Crippen molar-refractivity contribution >= 4 is 23.2 Å². The lowest BCUT2D eigenvalue weighted by Gasteiger charge is -2.11. The molecule has 1 aromatic carbocycles. The first-order valence-electron chi connectivity index (χ1n) is 6.49. The van der Waals surface area contributed by atoms with E-state index in [1.54, 1.807) is 13.0 Å². The van der Waals surface area contributed by atoms with Gasteiger partial charge in [0.25, 0.3) is 5.91 Å². The Balaban J connectivity index is 2.32. The Morgan fingerprint density at radius 3 is 2.76 bits per heavy atom. The molecule has 0 fully saturated rings. The summed E-state index contributed by atoms with van der Waals surface area (Å²) in [5, 5.41) is 2.78. The highest BCUT2D eigenvalue weighted by atomic mass is 35.5. The fourth-order valence-electron chi connectivity index (χ4n) is 1.74. The van der Waals surface area contributed by atoms with Crippen LogP contribution in [0.3, 0.4) is 0 Å². The molecule has 2 rings (SSSR count). The van der Waals surface area contributed by atoms with Crippen LogP contribution in [0.15, 0.2) is 24.4 Å². The third-order valence-corrected chi connectivity index (χ3v) is 3.29. The summed E-state index contributed by atoms with van der Waals surface area (Å²) in [6, 6.07) is 4.48. The number of aromatic nitrogens is 2. The Kier molecular flexibility index (Phi) is 4.53. The molecule has 4 nitrogen and oxygen atoms in total. The zero-order chi connectivity index (χ0) is 15.6. The normalized spacial score (nSPS) is 10.8. The van der Waals surface area contributed by atoms with Crippen molar-refractivity contribution in [3.05, 3.63) is 52.3 Å². The molecule has 21 heavy (non-hydrogen) atoms. The van der Waals surface area contributed by atoms with Crippen molar-refractivity contribution in [2.75, 3.05) is 5.32 Å². The molecule has 0 aliphatic heterocycles. The molecule has 0 saturated carbocycles. The molecule has 0 atom stereocenters. The molecular formula is C15H15ClFN3O. The topological polar surface area (TPSA) is 54.9 Å². The van der Waals surface area contributed by atoms with Crippen LogP contribution in [0, 0.1) is 12.7 Å². The van der Waals surface area contributed by atoms with Gasteiger partial charge in [0, 0.05) is 17.2 Å². The van der Waals surface area contributed by atoms with Gasteiger partial charge in [-0.3, -0.25) is 4.79 Å². The van der Waals surface area contributed by atoms with Gasteiger partial charge in [-0.05, 0) is 19.1 Å². The van der Waals surface area contributed by atoms with Crippen molar-refractivity contribution in [1.29, 1.82) is 0 Å². The summed E-state index contributed by atoms with van der Waals surface area (Å²) in [7, 11) is 0. The zero-order valence-corrected chi connectivity index (χ0v) is 12.7. The van der Waals surface area contributed by atoms with E-state index < -0.39 is 5.91 Å². The number of halogens is 2. The number of nitrogens with one attached hydrogen (secondary N) is 1. The van der Waals surface area contributed by atoms with Crippen LogP contribution in [-0.2, 0) is 0 Å². The predicted octanol–water partition coefficient (Wildman–Crippen LogP) is 3.95. The van der Waals surface area contributed by atoms with Crippen LogP contribution < -0.4 is 5.32 Å². The number of carbonyl (C=O) groups is 1. The smallest absolute Gasteiger partial charge is 0.275 e. The lowest BCUT2D eigenvalue weighted by Crippen LogP contribution is -2.17. The molecule has 0 spiro atoms. The summed E-state index contributed by atoms with van der Waals surface area (Å²) in [6.45, 7) is 5.43. The first kappa shape index (κ1) is 15.4. The lowest BCUT2D eigenvalue weighted by atomic mass is 10.2.